The van der Waals surface area contributed by atoms with Crippen molar-refractivity contribution in [2.24, 2.45) is 0 Å². The van der Waals surface area contributed by atoms with Crippen LogP contribution in [0.3, 0.4) is 0 Å². The van der Waals surface area contributed by atoms with Crippen LogP contribution in [0.25, 0.3) is 21.8 Å². The van der Waals surface area contributed by atoms with Crippen LogP contribution in [0, 0.1) is 0 Å². The number of hydrogen-bond donors (Lipinski definition) is 7. The number of aromatic hydroxyl groups is 2. The molecule has 6 aromatic rings. The van der Waals surface area contributed by atoms with Crippen LogP contribution in [0.15, 0.2) is 91.0 Å². The van der Waals surface area contributed by atoms with E-state index in [0.717, 1.165) is 38.6 Å². The summed E-state index contributed by atoms with van der Waals surface area (Å²) in [5.74, 6) is -0.711. The zero-order chi connectivity index (χ0) is 32.8. The van der Waals surface area contributed by atoms with Crippen molar-refractivity contribution >= 4 is 40.0 Å². The minimum Gasteiger partial charge on any atom is -0.508 e. The van der Waals surface area contributed by atoms with Gasteiger partial charge in [0.1, 0.15) is 11.5 Å². The number of phenolic OH excluding ortho intramolecular Hbond substituents is 2. The zero-order valence-electron chi connectivity index (χ0n) is 24.7. The van der Waals surface area contributed by atoms with Crippen molar-refractivity contribution in [3.05, 3.63) is 130 Å². The van der Waals surface area contributed by atoms with Crippen molar-refractivity contribution in [2.75, 3.05) is 7.11 Å². The Kier molecular flexibility index (Phi) is 9.46. The van der Waals surface area contributed by atoms with Crippen LogP contribution >= 0.6 is 0 Å². The molecule has 0 bridgehead atoms. The highest BCUT2D eigenvalue weighted by molar-refractivity contribution is 6.01. The summed E-state index contributed by atoms with van der Waals surface area (Å²) in [5, 5.41) is 42.3. The zero-order valence-corrected chi connectivity index (χ0v) is 24.7. The number of phenols is 2. The minimum atomic E-state index is -0.595. The van der Waals surface area contributed by atoms with Crippen molar-refractivity contribution in [3.8, 4) is 11.5 Å². The van der Waals surface area contributed by atoms with Gasteiger partial charge in [0.2, 0.25) is 0 Å². The number of carbonyl (C=O) groups is 3. The number of fused-ring (bicyclic) bond motifs is 3. The Bertz CT molecular complexity index is 2010. The molecular formula is C35H31N3O8. The molecule has 0 fully saturated rings. The van der Waals surface area contributed by atoms with Gasteiger partial charge in [-0.15, -0.1) is 0 Å². The molecule has 0 spiro atoms. The average Bonchev–Trinajstić information content (AvgIpc) is 3.77. The molecule has 11 heteroatoms. The average molecular weight is 622 g/mol. The molecule has 2 aromatic heterocycles. The summed E-state index contributed by atoms with van der Waals surface area (Å²) in [6.45, 7) is -0.0702. The number of esters is 1. The van der Waals surface area contributed by atoms with Crippen molar-refractivity contribution in [2.45, 2.75) is 19.3 Å². The first-order chi connectivity index (χ1) is 22.3. The van der Waals surface area contributed by atoms with Gasteiger partial charge in [0, 0.05) is 44.5 Å². The van der Waals surface area contributed by atoms with Crippen LogP contribution in [-0.4, -0.2) is 55.7 Å². The molecule has 1 unspecified atom stereocenters. The van der Waals surface area contributed by atoms with Gasteiger partial charge in [-0.25, -0.2) is 4.79 Å². The van der Waals surface area contributed by atoms with E-state index >= 15 is 0 Å². The van der Waals surface area contributed by atoms with E-state index in [4.69, 9.17) is 10.2 Å². The fourth-order valence-corrected chi connectivity index (χ4v) is 5.35. The SMILES string of the molecule is COC(=O)c1ccc(O)cc1C=O.O=C1NC(c2c(CO)[nH]c3ccccc23)c2cc(O)ccc21.OCc1cc2ccccc2[nH]1. The molecule has 0 aliphatic carbocycles. The lowest BCUT2D eigenvalue weighted by Crippen LogP contribution is -2.20. The van der Waals surface area contributed by atoms with E-state index in [-0.39, 0.29) is 47.8 Å². The predicted octanol–water partition coefficient (Wildman–Crippen LogP) is 4.85. The number of aromatic amines is 2. The molecular weight excluding hydrogens is 590 g/mol. The van der Waals surface area contributed by atoms with E-state index in [1.807, 2.05) is 54.6 Å². The molecule has 7 N–H and O–H groups in total. The normalized spacial score (nSPS) is 13.2. The first-order valence-electron chi connectivity index (χ1n) is 14.2. The van der Waals surface area contributed by atoms with Crippen LogP contribution < -0.4 is 5.32 Å². The van der Waals surface area contributed by atoms with Gasteiger partial charge in [-0.05, 0) is 65.5 Å². The van der Waals surface area contributed by atoms with Crippen molar-refractivity contribution < 1.29 is 39.5 Å². The van der Waals surface area contributed by atoms with Crippen LogP contribution in [0.2, 0.25) is 0 Å². The van der Waals surface area contributed by atoms with E-state index in [1.54, 1.807) is 12.1 Å². The Morgan fingerprint density at radius 1 is 0.848 bits per heavy atom. The van der Waals surface area contributed by atoms with Gasteiger partial charge in [0.15, 0.2) is 6.29 Å². The number of ether oxygens (including phenoxy) is 1. The van der Waals surface area contributed by atoms with Gasteiger partial charge >= 0.3 is 5.97 Å². The van der Waals surface area contributed by atoms with E-state index in [2.05, 4.69) is 20.0 Å². The van der Waals surface area contributed by atoms with Crippen LogP contribution in [-0.2, 0) is 18.0 Å². The number of para-hydroxylation sites is 2. The lowest BCUT2D eigenvalue weighted by atomic mass is 9.95. The number of aromatic nitrogens is 2. The maximum atomic E-state index is 12.2. The molecule has 1 atom stereocenters. The predicted molar refractivity (Wildman–Crippen MR) is 171 cm³/mol. The molecule has 7 rings (SSSR count). The number of methoxy groups -OCH3 is 1. The van der Waals surface area contributed by atoms with Crippen LogP contribution in [0.1, 0.15) is 59.6 Å². The summed E-state index contributed by atoms with van der Waals surface area (Å²) < 4.78 is 4.44. The van der Waals surface area contributed by atoms with E-state index in [1.165, 1.54) is 31.4 Å². The highest BCUT2D eigenvalue weighted by atomic mass is 16.5. The van der Waals surface area contributed by atoms with Crippen molar-refractivity contribution in [1.82, 2.24) is 15.3 Å². The number of rotatable bonds is 5. The highest BCUT2D eigenvalue weighted by Gasteiger charge is 2.33. The molecule has 1 aliphatic heterocycles. The third-order valence-electron chi connectivity index (χ3n) is 7.46. The van der Waals surface area contributed by atoms with Gasteiger partial charge in [-0.1, -0.05) is 36.4 Å². The molecule has 1 aliphatic rings. The van der Waals surface area contributed by atoms with Gasteiger partial charge in [0.25, 0.3) is 5.91 Å². The molecule has 46 heavy (non-hydrogen) atoms. The number of aliphatic hydroxyl groups excluding tert-OH is 2. The molecule has 234 valence electrons. The summed E-state index contributed by atoms with van der Waals surface area (Å²) in [5.41, 5.74) is 5.91. The number of carbonyl (C=O) groups excluding carboxylic acids is 3. The number of aldehydes is 1. The number of H-pyrrole nitrogens is 2. The van der Waals surface area contributed by atoms with Gasteiger partial charge in [0.05, 0.1) is 31.9 Å². The standard InChI is InChI=1S/C17H14N2O3.C9H9NO.C9H8O4/c20-8-14-15(11-3-1-2-4-13(11)18-14)16-12-7-9(21)5-6-10(12)17(22)19-16;11-6-8-5-7-3-1-2-4-9(7)10-8;1-13-9(12)8-3-2-7(11)4-6(8)5-10/h1-7,16,18,20-21H,8H2,(H,19,22);1-5,10-11H,6H2;2-5,11H,1H3. The van der Waals surface area contributed by atoms with Gasteiger partial charge in [-0.2, -0.15) is 0 Å². The first kappa shape index (κ1) is 31.5. The Morgan fingerprint density at radius 3 is 2.24 bits per heavy atom. The monoisotopic (exact) mass is 621 g/mol. The highest BCUT2D eigenvalue weighted by Crippen LogP contribution is 2.38. The van der Waals surface area contributed by atoms with Crippen LogP contribution in [0.4, 0.5) is 0 Å². The lowest BCUT2D eigenvalue weighted by molar-refractivity contribution is 0.0598. The summed E-state index contributed by atoms with van der Waals surface area (Å²) in [6.07, 6.45) is 0.492. The van der Waals surface area contributed by atoms with E-state index < -0.39 is 5.97 Å². The van der Waals surface area contributed by atoms with Gasteiger partial charge < -0.3 is 40.4 Å². The summed E-state index contributed by atoms with van der Waals surface area (Å²) in [4.78, 5) is 40.0. The number of hydrogen-bond acceptors (Lipinski definition) is 8. The second-order valence-electron chi connectivity index (χ2n) is 10.3. The van der Waals surface area contributed by atoms with Gasteiger partial charge in [-0.3, -0.25) is 9.59 Å². The topological polar surface area (TPSA) is 185 Å². The van der Waals surface area contributed by atoms with Crippen molar-refractivity contribution in [1.29, 1.82) is 0 Å². The summed E-state index contributed by atoms with van der Waals surface area (Å²) in [6, 6.07) is 25.8. The number of amides is 1. The third kappa shape index (κ3) is 6.46. The molecule has 0 saturated carbocycles. The largest absolute Gasteiger partial charge is 0.508 e. The molecule has 4 aromatic carbocycles. The minimum absolute atomic E-state index is 0.0604. The second kappa shape index (κ2) is 13.8. The molecule has 11 nitrogen and oxygen atoms in total. The van der Waals surface area contributed by atoms with E-state index in [0.29, 0.717) is 17.5 Å². The first-order valence-corrected chi connectivity index (χ1v) is 14.2. The fraction of sp³-hybridized carbons (Fsp3) is 0.114. The molecule has 3 heterocycles. The maximum Gasteiger partial charge on any atom is 0.338 e. The quantitative estimate of drug-likeness (QED) is 0.105. The lowest BCUT2D eigenvalue weighted by Gasteiger charge is -2.13. The Balaban J connectivity index is 0.000000148. The number of nitrogens with one attached hydrogen (secondary N) is 3. The summed E-state index contributed by atoms with van der Waals surface area (Å²) >= 11 is 0. The smallest absolute Gasteiger partial charge is 0.338 e. The maximum absolute atomic E-state index is 12.2. The second-order valence-corrected chi connectivity index (χ2v) is 10.3. The Labute approximate surface area is 262 Å². The third-order valence-corrected chi connectivity index (χ3v) is 7.46. The molecule has 1 amide bonds. The molecule has 0 saturated heterocycles. The van der Waals surface area contributed by atoms with E-state index in [9.17, 15) is 24.6 Å². The number of benzene rings is 4. The van der Waals surface area contributed by atoms with Crippen molar-refractivity contribution in [3.63, 3.8) is 0 Å². The summed E-state index contributed by atoms with van der Waals surface area (Å²) in [7, 11) is 1.23. The fourth-order valence-electron chi connectivity index (χ4n) is 5.35. The Hall–Kier alpha value is -5.91. The van der Waals surface area contributed by atoms with Crippen LogP contribution in [0.5, 0.6) is 11.5 Å². The number of aliphatic hydroxyl groups is 2. The Morgan fingerprint density at radius 2 is 1.54 bits per heavy atom. The molecule has 0 radical (unpaired) electrons.